The Hall–Kier alpha value is -2.81. The summed E-state index contributed by atoms with van der Waals surface area (Å²) in [5.41, 5.74) is 1.09. The van der Waals surface area contributed by atoms with E-state index >= 15 is 0 Å². The van der Waals surface area contributed by atoms with Crippen LogP contribution < -0.4 is 5.32 Å². The third-order valence-corrected chi connectivity index (χ3v) is 4.81. The molecule has 1 saturated carbocycles. The molecule has 0 saturated heterocycles. The van der Waals surface area contributed by atoms with E-state index in [-0.39, 0.29) is 30.2 Å². The number of rotatable bonds is 3. The summed E-state index contributed by atoms with van der Waals surface area (Å²) in [5.74, 6) is 1.21. The van der Waals surface area contributed by atoms with Gasteiger partial charge in [-0.25, -0.2) is 17.6 Å². The summed E-state index contributed by atoms with van der Waals surface area (Å²) in [5, 5.41) is 2.78. The van der Waals surface area contributed by atoms with Gasteiger partial charge in [-0.15, -0.1) is 0 Å². The standard InChI is InChI=1S/C22H19F4NO/c23-19-8-7-17(20(24)13-19)4-1-15-2-5-18(6-3-15)21(28)27-14-16-9-11-22(25,26)12-10-16/h2-3,5-8,13,16H,9-12,14H2,(H,27,28). The largest absolute Gasteiger partial charge is 0.352 e. The van der Waals surface area contributed by atoms with Crippen molar-refractivity contribution >= 4 is 5.91 Å². The summed E-state index contributed by atoms with van der Waals surface area (Å²) in [6.07, 6.45) is 0.550. The zero-order chi connectivity index (χ0) is 20.1. The second kappa shape index (κ2) is 8.47. The van der Waals surface area contributed by atoms with Crippen molar-refractivity contribution in [1.29, 1.82) is 0 Å². The fourth-order valence-electron chi connectivity index (χ4n) is 3.08. The quantitative estimate of drug-likeness (QED) is 0.586. The Kier molecular flexibility index (Phi) is 6.03. The van der Waals surface area contributed by atoms with E-state index in [1.807, 2.05) is 0 Å². The van der Waals surface area contributed by atoms with Gasteiger partial charge in [-0.3, -0.25) is 4.79 Å². The molecule has 3 rings (SSSR count). The number of nitrogens with one attached hydrogen (secondary N) is 1. The topological polar surface area (TPSA) is 29.1 Å². The van der Waals surface area contributed by atoms with Crippen molar-refractivity contribution < 1.29 is 22.4 Å². The molecule has 0 heterocycles. The molecule has 6 heteroatoms. The maximum atomic E-state index is 13.6. The summed E-state index contributed by atoms with van der Waals surface area (Å²) in [6.45, 7) is 0.375. The molecule has 0 unspecified atom stereocenters. The van der Waals surface area contributed by atoms with E-state index in [1.54, 1.807) is 24.3 Å². The van der Waals surface area contributed by atoms with E-state index in [4.69, 9.17) is 0 Å². The Labute approximate surface area is 161 Å². The number of alkyl halides is 2. The molecular weight excluding hydrogens is 370 g/mol. The van der Waals surface area contributed by atoms with Gasteiger partial charge in [-0.2, -0.15) is 0 Å². The van der Waals surface area contributed by atoms with Crippen LogP contribution in [0.15, 0.2) is 42.5 Å². The Bertz CT molecular complexity index is 902. The van der Waals surface area contributed by atoms with Gasteiger partial charge in [-0.1, -0.05) is 11.8 Å². The first kappa shape index (κ1) is 19.9. The van der Waals surface area contributed by atoms with E-state index in [0.717, 1.165) is 12.1 Å². The van der Waals surface area contributed by atoms with Crippen LogP contribution in [0.25, 0.3) is 0 Å². The first-order chi connectivity index (χ1) is 13.3. The lowest BCUT2D eigenvalue weighted by molar-refractivity contribution is -0.0452. The second-order valence-electron chi connectivity index (χ2n) is 6.96. The summed E-state index contributed by atoms with van der Waals surface area (Å²) in [6, 6.07) is 9.61. The Morgan fingerprint density at radius 2 is 1.71 bits per heavy atom. The maximum absolute atomic E-state index is 13.6. The number of benzene rings is 2. The molecule has 0 aromatic heterocycles. The monoisotopic (exact) mass is 389 g/mol. The number of carbonyl (C=O) groups is 1. The molecule has 2 aromatic carbocycles. The van der Waals surface area contributed by atoms with Gasteiger partial charge in [0.15, 0.2) is 0 Å². The van der Waals surface area contributed by atoms with Crippen molar-refractivity contribution in [3.05, 3.63) is 70.8 Å². The predicted octanol–water partition coefficient (Wildman–Crippen LogP) is 4.92. The van der Waals surface area contributed by atoms with Gasteiger partial charge in [0.1, 0.15) is 11.6 Å². The first-order valence-corrected chi connectivity index (χ1v) is 9.05. The summed E-state index contributed by atoms with van der Waals surface area (Å²) >= 11 is 0. The molecule has 0 atom stereocenters. The molecule has 1 fully saturated rings. The number of carbonyl (C=O) groups excluding carboxylic acids is 1. The number of amides is 1. The van der Waals surface area contributed by atoms with Crippen LogP contribution in [0.2, 0.25) is 0 Å². The van der Waals surface area contributed by atoms with E-state index in [9.17, 15) is 22.4 Å². The van der Waals surface area contributed by atoms with E-state index in [2.05, 4.69) is 17.2 Å². The maximum Gasteiger partial charge on any atom is 0.251 e. The van der Waals surface area contributed by atoms with Crippen molar-refractivity contribution in [3.8, 4) is 11.8 Å². The van der Waals surface area contributed by atoms with Gasteiger partial charge in [0, 0.05) is 36.6 Å². The summed E-state index contributed by atoms with van der Waals surface area (Å²) < 4.78 is 52.8. The smallest absolute Gasteiger partial charge is 0.251 e. The predicted molar refractivity (Wildman–Crippen MR) is 98.0 cm³/mol. The highest BCUT2D eigenvalue weighted by molar-refractivity contribution is 5.94. The van der Waals surface area contributed by atoms with Crippen molar-refractivity contribution in [2.24, 2.45) is 5.92 Å². The lowest BCUT2D eigenvalue weighted by Crippen LogP contribution is -2.33. The second-order valence-corrected chi connectivity index (χ2v) is 6.96. The highest BCUT2D eigenvalue weighted by Gasteiger charge is 2.34. The zero-order valence-electron chi connectivity index (χ0n) is 15.1. The van der Waals surface area contributed by atoms with Gasteiger partial charge in [0.05, 0.1) is 5.56 Å². The van der Waals surface area contributed by atoms with Gasteiger partial charge in [-0.05, 0) is 55.2 Å². The van der Waals surface area contributed by atoms with Crippen molar-refractivity contribution in [3.63, 3.8) is 0 Å². The third kappa shape index (κ3) is 5.35. The van der Waals surface area contributed by atoms with Crippen molar-refractivity contribution in [2.45, 2.75) is 31.6 Å². The van der Waals surface area contributed by atoms with Gasteiger partial charge < -0.3 is 5.32 Å². The van der Waals surface area contributed by atoms with Gasteiger partial charge in [0.25, 0.3) is 5.91 Å². The Morgan fingerprint density at radius 1 is 1.04 bits per heavy atom. The number of hydrogen-bond acceptors (Lipinski definition) is 1. The fourth-order valence-corrected chi connectivity index (χ4v) is 3.08. The van der Waals surface area contributed by atoms with Crippen LogP contribution >= 0.6 is 0 Å². The highest BCUT2D eigenvalue weighted by Crippen LogP contribution is 2.35. The number of hydrogen-bond donors (Lipinski definition) is 1. The SMILES string of the molecule is O=C(NCC1CCC(F)(F)CC1)c1ccc(C#Cc2ccc(F)cc2F)cc1. The average molecular weight is 389 g/mol. The zero-order valence-corrected chi connectivity index (χ0v) is 15.1. The minimum absolute atomic E-state index is 0.0688. The molecule has 146 valence electrons. The molecule has 0 aliphatic heterocycles. The molecule has 0 spiro atoms. The minimum Gasteiger partial charge on any atom is -0.352 e. The van der Waals surface area contributed by atoms with Crippen LogP contribution in [0.1, 0.15) is 47.2 Å². The van der Waals surface area contributed by atoms with E-state index < -0.39 is 17.6 Å². The first-order valence-electron chi connectivity index (χ1n) is 9.05. The summed E-state index contributed by atoms with van der Waals surface area (Å²) in [7, 11) is 0. The average Bonchev–Trinajstić information content (AvgIpc) is 2.67. The van der Waals surface area contributed by atoms with Crippen LogP contribution in [0.5, 0.6) is 0 Å². The molecular formula is C22H19F4NO. The van der Waals surface area contributed by atoms with Gasteiger partial charge in [0.2, 0.25) is 5.92 Å². The lowest BCUT2D eigenvalue weighted by Gasteiger charge is -2.28. The van der Waals surface area contributed by atoms with E-state index in [1.165, 1.54) is 6.07 Å². The molecule has 2 nitrogen and oxygen atoms in total. The third-order valence-electron chi connectivity index (χ3n) is 4.81. The van der Waals surface area contributed by atoms with Gasteiger partial charge >= 0.3 is 0 Å². The normalized spacial score (nSPS) is 16.1. The molecule has 0 radical (unpaired) electrons. The van der Waals surface area contributed by atoms with Crippen LogP contribution in [0.3, 0.4) is 0 Å². The molecule has 1 aliphatic carbocycles. The summed E-state index contributed by atoms with van der Waals surface area (Å²) in [4.78, 5) is 12.2. The van der Waals surface area contributed by atoms with Crippen molar-refractivity contribution in [1.82, 2.24) is 5.32 Å². The molecule has 0 bridgehead atoms. The molecule has 2 aromatic rings. The minimum atomic E-state index is -2.58. The van der Waals surface area contributed by atoms with E-state index in [0.29, 0.717) is 30.5 Å². The Morgan fingerprint density at radius 3 is 2.36 bits per heavy atom. The van der Waals surface area contributed by atoms with Crippen LogP contribution in [-0.4, -0.2) is 18.4 Å². The molecule has 1 N–H and O–H groups in total. The van der Waals surface area contributed by atoms with Crippen LogP contribution in [0, 0.1) is 29.4 Å². The highest BCUT2D eigenvalue weighted by atomic mass is 19.3. The Balaban J connectivity index is 1.55. The lowest BCUT2D eigenvalue weighted by atomic mass is 9.87. The molecule has 1 aliphatic rings. The van der Waals surface area contributed by atoms with Crippen LogP contribution in [0.4, 0.5) is 17.6 Å². The van der Waals surface area contributed by atoms with Crippen molar-refractivity contribution in [2.75, 3.05) is 6.54 Å². The molecule has 28 heavy (non-hydrogen) atoms. The molecule has 1 amide bonds. The van der Waals surface area contributed by atoms with Crippen LogP contribution in [-0.2, 0) is 0 Å². The fraction of sp³-hybridized carbons (Fsp3) is 0.318. The number of halogens is 4.